The van der Waals surface area contributed by atoms with Crippen LogP contribution in [0.15, 0.2) is 54.6 Å². The van der Waals surface area contributed by atoms with Gasteiger partial charge in [0.1, 0.15) is 18.1 Å². The topological polar surface area (TPSA) is 85.2 Å². The lowest BCUT2D eigenvalue weighted by Gasteiger charge is -2.12. The molecule has 4 rings (SSSR count). The third-order valence-electron chi connectivity index (χ3n) is 4.81. The Morgan fingerprint density at radius 1 is 1.13 bits per heavy atom. The number of thioether (sulfide) groups is 1. The maximum Gasteiger partial charge on any atom is 0.256 e. The maximum absolute atomic E-state index is 12.8. The Morgan fingerprint density at radius 2 is 1.97 bits per heavy atom. The first-order chi connectivity index (χ1) is 14.6. The van der Waals surface area contributed by atoms with Gasteiger partial charge in [-0.25, -0.2) is 4.68 Å². The van der Waals surface area contributed by atoms with E-state index >= 15 is 0 Å². The van der Waals surface area contributed by atoms with Crippen LogP contribution in [0.3, 0.4) is 0 Å². The van der Waals surface area contributed by atoms with Gasteiger partial charge in [-0.2, -0.15) is 16.9 Å². The molecule has 30 heavy (non-hydrogen) atoms. The molecule has 1 aromatic heterocycles. The lowest BCUT2D eigenvalue weighted by molar-refractivity contribution is -0.122. The number of carbonyl (C=O) groups is 2. The fourth-order valence-corrected chi connectivity index (χ4v) is 4.29. The summed E-state index contributed by atoms with van der Waals surface area (Å²) in [5.41, 5.74) is 3.40. The summed E-state index contributed by atoms with van der Waals surface area (Å²) >= 11 is 1.74. The van der Waals surface area contributed by atoms with E-state index in [0.717, 1.165) is 28.3 Å². The van der Waals surface area contributed by atoms with Gasteiger partial charge in [0.15, 0.2) is 0 Å². The summed E-state index contributed by atoms with van der Waals surface area (Å²) in [5, 5.41) is 10.4. The molecule has 7 nitrogen and oxygen atoms in total. The number of nitrogens with zero attached hydrogens (tertiary/aromatic N) is 2. The van der Waals surface area contributed by atoms with Crippen LogP contribution in [0, 0.1) is 0 Å². The number of ether oxygens (including phenoxy) is 1. The fraction of sp³-hybridized carbons (Fsp3) is 0.227. The van der Waals surface area contributed by atoms with E-state index in [1.54, 1.807) is 47.8 Å². The monoisotopic (exact) mass is 422 g/mol. The summed E-state index contributed by atoms with van der Waals surface area (Å²) in [5.74, 6) is 2.30. The number of amides is 2. The predicted octanol–water partition coefficient (Wildman–Crippen LogP) is 3.21. The molecule has 1 aliphatic heterocycles. The molecule has 0 atom stereocenters. The molecule has 2 amide bonds. The molecule has 0 saturated heterocycles. The zero-order valence-electron chi connectivity index (χ0n) is 16.6. The van der Waals surface area contributed by atoms with Crippen LogP contribution in [0.1, 0.15) is 27.2 Å². The van der Waals surface area contributed by atoms with E-state index in [0.29, 0.717) is 23.7 Å². The lowest BCUT2D eigenvalue weighted by atomic mass is 10.2. The summed E-state index contributed by atoms with van der Waals surface area (Å²) in [6.07, 6.45) is 0. The van der Waals surface area contributed by atoms with Gasteiger partial charge in [-0.15, -0.1) is 0 Å². The predicted molar refractivity (Wildman–Crippen MR) is 116 cm³/mol. The zero-order chi connectivity index (χ0) is 20.9. The summed E-state index contributed by atoms with van der Waals surface area (Å²) in [4.78, 5) is 25.3. The van der Waals surface area contributed by atoms with Gasteiger partial charge in [-0.05, 0) is 23.8 Å². The van der Waals surface area contributed by atoms with E-state index in [1.807, 2.05) is 30.3 Å². The largest absolute Gasteiger partial charge is 0.497 e. The minimum Gasteiger partial charge on any atom is -0.497 e. The van der Waals surface area contributed by atoms with Crippen molar-refractivity contribution in [2.75, 3.05) is 12.4 Å². The van der Waals surface area contributed by atoms with Crippen molar-refractivity contribution in [1.82, 2.24) is 15.1 Å². The van der Waals surface area contributed by atoms with Crippen LogP contribution in [0.5, 0.6) is 5.75 Å². The van der Waals surface area contributed by atoms with Gasteiger partial charge in [0.05, 0.1) is 12.8 Å². The second kappa shape index (κ2) is 9.04. The van der Waals surface area contributed by atoms with Crippen molar-refractivity contribution >= 4 is 29.4 Å². The quantitative estimate of drug-likeness (QED) is 0.611. The highest BCUT2D eigenvalue weighted by Crippen LogP contribution is 2.35. The van der Waals surface area contributed by atoms with Crippen molar-refractivity contribution in [3.05, 3.63) is 77.0 Å². The molecular formula is C22H22N4O3S. The van der Waals surface area contributed by atoms with Crippen LogP contribution in [-0.4, -0.2) is 28.7 Å². The molecule has 154 valence electrons. The van der Waals surface area contributed by atoms with Crippen molar-refractivity contribution in [2.24, 2.45) is 0 Å². The fourth-order valence-electron chi connectivity index (χ4n) is 3.25. The Kier molecular flexibility index (Phi) is 6.04. The van der Waals surface area contributed by atoms with Crippen LogP contribution >= 0.6 is 11.8 Å². The Labute approximate surface area is 178 Å². The molecule has 2 heterocycles. The minimum absolute atomic E-state index is 0.0399. The van der Waals surface area contributed by atoms with E-state index in [1.165, 1.54) is 0 Å². The zero-order valence-corrected chi connectivity index (χ0v) is 17.4. The highest BCUT2D eigenvalue weighted by molar-refractivity contribution is 7.98. The highest BCUT2D eigenvalue weighted by atomic mass is 32.2. The third kappa shape index (κ3) is 4.49. The summed E-state index contributed by atoms with van der Waals surface area (Å²) in [7, 11) is 1.56. The van der Waals surface area contributed by atoms with Gasteiger partial charge in [-0.3, -0.25) is 9.59 Å². The lowest BCUT2D eigenvalue weighted by Crippen LogP contribution is -2.28. The van der Waals surface area contributed by atoms with Crippen molar-refractivity contribution in [1.29, 1.82) is 0 Å². The van der Waals surface area contributed by atoms with E-state index in [-0.39, 0.29) is 18.4 Å². The van der Waals surface area contributed by atoms with Crippen molar-refractivity contribution in [2.45, 2.75) is 24.6 Å². The minimum atomic E-state index is -0.264. The van der Waals surface area contributed by atoms with Crippen molar-refractivity contribution < 1.29 is 14.3 Å². The molecule has 0 unspecified atom stereocenters. The Balaban J connectivity index is 1.49. The summed E-state index contributed by atoms with van der Waals surface area (Å²) < 4.78 is 6.79. The number of carbonyl (C=O) groups excluding carboxylic acids is 2. The molecule has 3 aromatic rings. The molecule has 0 saturated carbocycles. The molecule has 1 aliphatic rings. The Bertz CT molecular complexity index is 1070. The number of nitrogens with one attached hydrogen (secondary N) is 2. The van der Waals surface area contributed by atoms with Gasteiger partial charge < -0.3 is 15.4 Å². The van der Waals surface area contributed by atoms with Gasteiger partial charge >= 0.3 is 0 Å². The highest BCUT2D eigenvalue weighted by Gasteiger charge is 2.25. The molecule has 2 N–H and O–H groups in total. The second-order valence-corrected chi connectivity index (χ2v) is 7.86. The average molecular weight is 423 g/mol. The number of benzene rings is 2. The average Bonchev–Trinajstić information content (AvgIpc) is 3.35. The molecule has 2 aromatic carbocycles. The first-order valence-electron chi connectivity index (χ1n) is 9.56. The van der Waals surface area contributed by atoms with Crippen molar-refractivity contribution in [3.63, 3.8) is 0 Å². The summed E-state index contributed by atoms with van der Waals surface area (Å²) in [6.45, 7) is 0.486. The van der Waals surface area contributed by atoms with E-state index in [2.05, 4.69) is 15.7 Å². The van der Waals surface area contributed by atoms with Gasteiger partial charge in [0, 0.05) is 29.2 Å². The Hall–Kier alpha value is -3.26. The molecular weight excluding hydrogens is 400 g/mol. The Morgan fingerprint density at radius 3 is 2.77 bits per heavy atom. The molecule has 8 heteroatoms. The van der Waals surface area contributed by atoms with Crippen molar-refractivity contribution in [3.8, 4) is 5.75 Å². The van der Waals surface area contributed by atoms with E-state index in [9.17, 15) is 9.59 Å². The number of hydrogen-bond acceptors (Lipinski definition) is 5. The standard InChI is InChI=1S/C22H22N4O3S/c1-29-17-9-5-8-16(10-17)22(28)24-21-18-13-30-14-19(18)25-26(21)12-20(27)23-11-15-6-3-2-4-7-15/h2-10H,11-14H2,1H3,(H,23,27)(H,24,28). The van der Waals surface area contributed by atoms with Crippen LogP contribution in [0.25, 0.3) is 0 Å². The van der Waals surface area contributed by atoms with Crippen LogP contribution < -0.4 is 15.4 Å². The van der Waals surface area contributed by atoms with Gasteiger partial charge in [0.2, 0.25) is 5.91 Å². The molecule has 0 aliphatic carbocycles. The number of aromatic nitrogens is 2. The third-order valence-corrected chi connectivity index (χ3v) is 5.78. The molecule has 0 radical (unpaired) electrons. The number of rotatable bonds is 7. The summed E-state index contributed by atoms with van der Waals surface area (Å²) in [6, 6.07) is 16.7. The first-order valence-corrected chi connectivity index (χ1v) is 10.7. The van der Waals surface area contributed by atoms with Gasteiger partial charge in [0.25, 0.3) is 5.91 Å². The first kappa shape index (κ1) is 20.0. The number of fused-ring (bicyclic) bond motifs is 1. The molecule has 0 fully saturated rings. The molecule has 0 bridgehead atoms. The number of methoxy groups -OCH3 is 1. The second-order valence-electron chi connectivity index (χ2n) is 6.87. The van der Waals surface area contributed by atoms with Crippen LogP contribution in [0.4, 0.5) is 5.82 Å². The number of hydrogen-bond donors (Lipinski definition) is 2. The molecule has 0 spiro atoms. The smallest absolute Gasteiger partial charge is 0.256 e. The van der Waals surface area contributed by atoms with Gasteiger partial charge in [-0.1, -0.05) is 36.4 Å². The van der Waals surface area contributed by atoms with Crippen LogP contribution in [-0.2, 0) is 29.4 Å². The number of anilines is 1. The maximum atomic E-state index is 12.8. The SMILES string of the molecule is COc1cccc(C(=O)Nc2c3c(nn2CC(=O)NCc2ccccc2)CSC3)c1. The normalized spacial score (nSPS) is 12.3. The van der Waals surface area contributed by atoms with E-state index in [4.69, 9.17) is 4.74 Å². The van der Waals surface area contributed by atoms with E-state index < -0.39 is 0 Å². The van der Waals surface area contributed by atoms with Crippen LogP contribution in [0.2, 0.25) is 0 Å².